The number of nitrogens with zero attached hydrogens (tertiary/aromatic N) is 1. The molecule has 1 fully saturated rings. The van der Waals surface area contributed by atoms with Gasteiger partial charge in [-0.1, -0.05) is 39.0 Å². The molecule has 1 heterocycles. The quantitative estimate of drug-likeness (QED) is 0.861. The summed E-state index contributed by atoms with van der Waals surface area (Å²) in [6.45, 7) is 8.51. The van der Waals surface area contributed by atoms with E-state index in [9.17, 15) is 14.7 Å². The van der Waals surface area contributed by atoms with Crippen molar-refractivity contribution in [3.63, 3.8) is 0 Å². The second-order valence-corrected chi connectivity index (χ2v) is 8.32. The molecule has 25 heavy (non-hydrogen) atoms. The van der Waals surface area contributed by atoms with Gasteiger partial charge in [0.2, 0.25) is 5.91 Å². The summed E-state index contributed by atoms with van der Waals surface area (Å²) in [6.07, 6.45) is 2.11. The summed E-state index contributed by atoms with van der Waals surface area (Å²) in [6, 6.07) is 8.76. The number of rotatable bonds is 5. The maximum atomic E-state index is 13.0. The molecule has 138 valence electrons. The smallest absolute Gasteiger partial charge is 0.254 e. The maximum absolute atomic E-state index is 13.0. The zero-order valence-corrected chi connectivity index (χ0v) is 15.7. The molecule has 2 N–H and O–H groups in total. The van der Waals surface area contributed by atoms with Gasteiger partial charge in [0.25, 0.3) is 5.91 Å². The summed E-state index contributed by atoms with van der Waals surface area (Å²) >= 11 is 0. The van der Waals surface area contributed by atoms with Crippen LogP contribution in [0.25, 0.3) is 0 Å². The lowest BCUT2D eigenvalue weighted by molar-refractivity contribution is -0.131. The van der Waals surface area contributed by atoms with Crippen molar-refractivity contribution in [1.29, 1.82) is 0 Å². The van der Waals surface area contributed by atoms with E-state index < -0.39 is 5.54 Å². The predicted octanol–water partition coefficient (Wildman–Crippen LogP) is 2.59. The second kappa shape index (κ2) is 7.56. The minimum Gasteiger partial charge on any atom is -0.394 e. The van der Waals surface area contributed by atoms with Crippen LogP contribution in [0.2, 0.25) is 0 Å². The maximum Gasteiger partial charge on any atom is 0.254 e. The molecule has 1 saturated heterocycles. The first kappa shape index (κ1) is 19.4. The van der Waals surface area contributed by atoms with Crippen LogP contribution in [0.3, 0.4) is 0 Å². The van der Waals surface area contributed by atoms with Crippen LogP contribution < -0.4 is 5.32 Å². The number of carbonyl (C=O) groups excluding carboxylic acids is 2. The van der Waals surface area contributed by atoms with Crippen LogP contribution in [0, 0.1) is 5.41 Å². The molecular formula is C20H30N2O3. The third-order valence-electron chi connectivity index (χ3n) is 4.81. The van der Waals surface area contributed by atoms with Gasteiger partial charge in [-0.05, 0) is 43.7 Å². The molecule has 0 aromatic heterocycles. The zero-order valence-electron chi connectivity index (χ0n) is 15.7. The first-order valence-corrected chi connectivity index (χ1v) is 8.96. The van der Waals surface area contributed by atoms with Gasteiger partial charge in [-0.2, -0.15) is 0 Å². The third kappa shape index (κ3) is 4.60. The van der Waals surface area contributed by atoms with Crippen LogP contribution in [-0.4, -0.2) is 46.6 Å². The van der Waals surface area contributed by atoms with E-state index in [4.69, 9.17) is 0 Å². The van der Waals surface area contributed by atoms with Crippen LogP contribution >= 0.6 is 0 Å². The van der Waals surface area contributed by atoms with Gasteiger partial charge in [0.15, 0.2) is 0 Å². The van der Waals surface area contributed by atoms with Crippen LogP contribution in [0.5, 0.6) is 0 Å². The average Bonchev–Trinajstić information content (AvgIpc) is 2.96. The third-order valence-corrected chi connectivity index (χ3v) is 4.81. The fourth-order valence-corrected chi connectivity index (χ4v) is 3.50. The van der Waals surface area contributed by atoms with Crippen molar-refractivity contribution in [2.45, 2.75) is 58.5 Å². The van der Waals surface area contributed by atoms with E-state index in [1.807, 2.05) is 25.1 Å². The highest BCUT2D eigenvalue weighted by molar-refractivity contribution is 5.99. The Morgan fingerprint density at radius 2 is 1.92 bits per heavy atom. The Morgan fingerprint density at radius 3 is 2.48 bits per heavy atom. The Bertz CT molecular complexity index is 609. The summed E-state index contributed by atoms with van der Waals surface area (Å²) in [5.41, 5.74) is -0.286. The summed E-state index contributed by atoms with van der Waals surface area (Å²) in [5, 5.41) is 12.6. The number of benzene rings is 1. The van der Waals surface area contributed by atoms with Crippen molar-refractivity contribution in [2.24, 2.45) is 5.41 Å². The first-order chi connectivity index (χ1) is 11.7. The Labute approximate surface area is 150 Å². The van der Waals surface area contributed by atoms with E-state index >= 15 is 0 Å². The Hall–Kier alpha value is -1.88. The van der Waals surface area contributed by atoms with E-state index in [-0.39, 0.29) is 29.9 Å². The Morgan fingerprint density at radius 1 is 1.28 bits per heavy atom. The highest BCUT2D eigenvalue weighted by atomic mass is 16.3. The summed E-state index contributed by atoms with van der Waals surface area (Å²) in [7, 11) is 0. The fraction of sp³-hybridized carbons (Fsp3) is 0.600. The SMILES string of the molecule is CC(C)(C)CC(CO)NC(=O)C1(C)CCCN1C(=O)c1ccccc1. The molecule has 5 heteroatoms. The molecule has 1 aliphatic rings. The van der Waals surface area contributed by atoms with Crippen molar-refractivity contribution in [1.82, 2.24) is 10.2 Å². The number of amides is 2. The number of likely N-dealkylation sites (tertiary alicyclic amines) is 1. The van der Waals surface area contributed by atoms with E-state index in [0.29, 0.717) is 24.9 Å². The monoisotopic (exact) mass is 346 g/mol. The molecule has 5 nitrogen and oxygen atoms in total. The molecule has 2 atom stereocenters. The standard InChI is InChI=1S/C20H30N2O3/c1-19(2,3)13-16(14-23)21-18(25)20(4)11-8-12-22(20)17(24)15-9-6-5-7-10-15/h5-7,9-10,16,23H,8,11-14H2,1-4H3,(H,21,25). The highest BCUT2D eigenvalue weighted by Crippen LogP contribution is 2.31. The summed E-state index contributed by atoms with van der Waals surface area (Å²) in [4.78, 5) is 27.5. The van der Waals surface area contributed by atoms with Crippen LogP contribution in [0.1, 0.15) is 57.3 Å². The molecule has 0 radical (unpaired) electrons. The summed E-state index contributed by atoms with van der Waals surface area (Å²) < 4.78 is 0. The molecule has 0 saturated carbocycles. The molecule has 1 aromatic rings. The minimum absolute atomic E-state index is 0.00317. The number of aliphatic hydroxyl groups is 1. The molecule has 1 aromatic carbocycles. The van der Waals surface area contributed by atoms with Gasteiger partial charge in [0.05, 0.1) is 12.6 Å². The summed E-state index contributed by atoms with van der Waals surface area (Å²) in [5.74, 6) is -0.301. The fourth-order valence-electron chi connectivity index (χ4n) is 3.50. The first-order valence-electron chi connectivity index (χ1n) is 8.96. The topological polar surface area (TPSA) is 69.6 Å². The number of aliphatic hydroxyl groups excluding tert-OH is 1. The van der Waals surface area contributed by atoms with E-state index in [2.05, 4.69) is 26.1 Å². The molecule has 1 aliphatic heterocycles. The van der Waals surface area contributed by atoms with Gasteiger partial charge in [-0.3, -0.25) is 9.59 Å². The van der Waals surface area contributed by atoms with Crippen molar-refractivity contribution >= 4 is 11.8 Å². The molecule has 0 bridgehead atoms. The number of hydrogen-bond donors (Lipinski definition) is 2. The van der Waals surface area contributed by atoms with Crippen molar-refractivity contribution in [3.05, 3.63) is 35.9 Å². The zero-order chi connectivity index (χ0) is 18.7. The Balaban J connectivity index is 2.14. The van der Waals surface area contributed by atoms with Gasteiger partial charge in [-0.25, -0.2) is 0 Å². The minimum atomic E-state index is -0.877. The second-order valence-electron chi connectivity index (χ2n) is 8.32. The van der Waals surface area contributed by atoms with Crippen LogP contribution in [-0.2, 0) is 4.79 Å². The van der Waals surface area contributed by atoms with Crippen molar-refractivity contribution < 1.29 is 14.7 Å². The molecule has 0 aliphatic carbocycles. The van der Waals surface area contributed by atoms with Gasteiger partial charge >= 0.3 is 0 Å². The van der Waals surface area contributed by atoms with Crippen molar-refractivity contribution in [3.8, 4) is 0 Å². The van der Waals surface area contributed by atoms with Crippen LogP contribution in [0.4, 0.5) is 0 Å². The molecular weight excluding hydrogens is 316 g/mol. The normalized spacial score (nSPS) is 21.9. The molecule has 2 rings (SSSR count). The van der Waals surface area contributed by atoms with Gasteiger partial charge in [0, 0.05) is 12.1 Å². The number of carbonyl (C=O) groups is 2. The van der Waals surface area contributed by atoms with E-state index in [0.717, 1.165) is 6.42 Å². The van der Waals surface area contributed by atoms with Gasteiger partial charge in [-0.15, -0.1) is 0 Å². The molecule has 2 amide bonds. The predicted molar refractivity (Wildman–Crippen MR) is 98.2 cm³/mol. The van der Waals surface area contributed by atoms with Crippen LogP contribution in [0.15, 0.2) is 30.3 Å². The number of hydrogen-bond acceptors (Lipinski definition) is 3. The van der Waals surface area contributed by atoms with E-state index in [1.54, 1.807) is 17.0 Å². The largest absolute Gasteiger partial charge is 0.394 e. The Kier molecular flexibility index (Phi) is 5.88. The van der Waals surface area contributed by atoms with Crippen molar-refractivity contribution in [2.75, 3.05) is 13.2 Å². The lowest BCUT2D eigenvalue weighted by Gasteiger charge is -2.36. The van der Waals surface area contributed by atoms with Gasteiger partial charge in [0.1, 0.15) is 5.54 Å². The van der Waals surface area contributed by atoms with E-state index in [1.165, 1.54) is 0 Å². The lowest BCUT2D eigenvalue weighted by atomic mass is 9.87. The molecule has 2 unspecified atom stereocenters. The average molecular weight is 346 g/mol. The lowest BCUT2D eigenvalue weighted by Crippen LogP contribution is -2.58. The molecule has 0 spiro atoms. The van der Waals surface area contributed by atoms with Gasteiger partial charge < -0.3 is 15.3 Å². The number of nitrogens with one attached hydrogen (secondary N) is 1. The highest BCUT2D eigenvalue weighted by Gasteiger charge is 2.46.